The lowest BCUT2D eigenvalue weighted by molar-refractivity contribution is 0.0681. The van der Waals surface area contributed by atoms with Crippen LogP contribution in [0.3, 0.4) is 0 Å². The molecule has 0 aliphatic carbocycles. The Bertz CT molecular complexity index is 642. The molecule has 6 heteroatoms. The van der Waals surface area contributed by atoms with Crippen LogP contribution in [0, 0.1) is 0 Å². The van der Waals surface area contributed by atoms with E-state index in [0.717, 1.165) is 23.9 Å². The van der Waals surface area contributed by atoms with Crippen LogP contribution in [0.15, 0.2) is 27.3 Å². The Labute approximate surface area is 123 Å². The molecule has 0 radical (unpaired) electrons. The van der Waals surface area contributed by atoms with Crippen molar-refractivity contribution in [2.45, 2.75) is 18.9 Å². The first-order chi connectivity index (χ1) is 9.65. The Kier molecular flexibility index (Phi) is 3.67. The quantitative estimate of drug-likeness (QED) is 0.922. The van der Waals surface area contributed by atoms with E-state index in [1.807, 2.05) is 0 Å². The molecular formula is C14H13BrO5. The van der Waals surface area contributed by atoms with Gasteiger partial charge >= 0.3 is 5.97 Å². The van der Waals surface area contributed by atoms with Gasteiger partial charge in [-0.2, -0.15) is 0 Å². The number of carbonyl (C=O) groups is 1. The van der Waals surface area contributed by atoms with Gasteiger partial charge in [0.1, 0.15) is 18.4 Å². The summed E-state index contributed by atoms with van der Waals surface area (Å²) in [4.78, 5) is 11.1. The zero-order valence-electron chi connectivity index (χ0n) is 10.6. The smallest absolute Gasteiger partial charge is 0.339 e. The Hall–Kier alpha value is -1.53. The normalized spacial score (nSPS) is 18.6. The highest BCUT2D eigenvalue weighted by Crippen LogP contribution is 2.34. The number of fused-ring (bicyclic) bond motifs is 1. The van der Waals surface area contributed by atoms with Crippen molar-refractivity contribution in [1.29, 1.82) is 0 Å². The molecule has 0 spiro atoms. The van der Waals surface area contributed by atoms with Gasteiger partial charge in [-0.3, -0.25) is 0 Å². The minimum Gasteiger partial charge on any atom is -0.487 e. The monoisotopic (exact) mass is 340 g/mol. The van der Waals surface area contributed by atoms with E-state index < -0.39 is 5.97 Å². The fourth-order valence-electron chi connectivity index (χ4n) is 2.30. The Balaban J connectivity index is 1.91. The van der Waals surface area contributed by atoms with Crippen molar-refractivity contribution < 1.29 is 23.8 Å². The first-order valence-corrected chi connectivity index (χ1v) is 7.13. The lowest BCUT2D eigenvalue weighted by Crippen LogP contribution is -2.16. The summed E-state index contributed by atoms with van der Waals surface area (Å²) in [5.74, 6) is -0.496. The summed E-state index contributed by atoms with van der Waals surface area (Å²) in [6.45, 7) is 1.21. The standard InChI is InChI=1S/C14H13BrO5/c15-8-4-10-11(14(16)17)7-20-13(10)12(5-8)19-6-9-2-1-3-18-9/h4-5,7,9H,1-3,6H2,(H,16,17). The summed E-state index contributed by atoms with van der Waals surface area (Å²) in [6.07, 6.45) is 3.36. The number of carboxylic acids is 1. The van der Waals surface area contributed by atoms with E-state index >= 15 is 0 Å². The minimum atomic E-state index is -1.02. The zero-order chi connectivity index (χ0) is 14.1. The van der Waals surface area contributed by atoms with Gasteiger partial charge in [0.25, 0.3) is 0 Å². The number of hydrogen-bond acceptors (Lipinski definition) is 4. The van der Waals surface area contributed by atoms with Crippen LogP contribution in [0.4, 0.5) is 0 Å². The first kappa shape index (κ1) is 13.5. The van der Waals surface area contributed by atoms with Crippen LogP contribution in [0.1, 0.15) is 23.2 Å². The molecule has 1 aromatic carbocycles. The second-order valence-electron chi connectivity index (χ2n) is 4.68. The number of rotatable bonds is 4. The first-order valence-electron chi connectivity index (χ1n) is 6.33. The number of carboxylic acid groups (broad SMARTS) is 1. The number of halogens is 1. The highest BCUT2D eigenvalue weighted by molar-refractivity contribution is 9.10. The molecule has 1 aromatic heterocycles. The Morgan fingerprint density at radius 2 is 2.35 bits per heavy atom. The van der Waals surface area contributed by atoms with Crippen molar-refractivity contribution in [3.05, 3.63) is 28.4 Å². The van der Waals surface area contributed by atoms with Crippen molar-refractivity contribution in [3.63, 3.8) is 0 Å². The van der Waals surface area contributed by atoms with Crippen LogP contribution < -0.4 is 4.74 Å². The molecule has 5 nitrogen and oxygen atoms in total. The van der Waals surface area contributed by atoms with Crippen LogP contribution >= 0.6 is 15.9 Å². The van der Waals surface area contributed by atoms with E-state index in [-0.39, 0.29) is 11.7 Å². The molecule has 106 valence electrons. The van der Waals surface area contributed by atoms with E-state index in [4.69, 9.17) is 19.0 Å². The second kappa shape index (κ2) is 5.46. The molecule has 0 saturated carbocycles. The van der Waals surface area contributed by atoms with E-state index in [2.05, 4.69) is 15.9 Å². The maximum Gasteiger partial charge on any atom is 0.339 e. The van der Waals surface area contributed by atoms with Crippen LogP contribution in [0.25, 0.3) is 11.0 Å². The maximum absolute atomic E-state index is 11.1. The third-order valence-corrected chi connectivity index (χ3v) is 3.74. The van der Waals surface area contributed by atoms with Crippen molar-refractivity contribution in [2.24, 2.45) is 0 Å². The second-order valence-corrected chi connectivity index (χ2v) is 5.60. The maximum atomic E-state index is 11.1. The number of benzene rings is 1. The summed E-state index contributed by atoms with van der Waals surface area (Å²) in [5, 5.41) is 9.64. The van der Waals surface area contributed by atoms with Gasteiger partial charge < -0.3 is 19.0 Å². The van der Waals surface area contributed by atoms with Gasteiger partial charge in [-0.05, 0) is 25.0 Å². The molecule has 20 heavy (non-hydrogen) atoms. The fourth-order valence-corrected chi connectivity index (χ4v) is 2.74. The van der Waals surface area contributed by atoms with Crippen molar-refractivity contribution >= 4 is 32.9 Å². The molecule has 1 fully saturated rings. The predicted octanol–water partition coefficient (Wildman–Crippen LogP) is 3.45. The molecule has 1 N–H and O–H groups in total. The average Bonchev–Trinajstić information content (AvgIpc) is 3.04. The molecule has 1 saturated heterocycles. The molecule has 0 bridgehead atoms. The molecule has 2 aromatic rings. The van der Waals surface area contributed by atoms with Gasteiger partial charge in [-0.25, -0.2) is 4.79 Å². The van der Waals surface area contributed by atoms with E-state index in [1.165, 1.54) is 6.26 Å². The van der Waals surface area contributed by atoms with Crippen LogP contribution in [-0.2, 0) is 4.74 Å². The van der Waals surface area contributed by atoms with Gasteiger partial charge in [0, 0.05) is 16.5 Å². The molecule has 1 unspecified atom stereocenters. The third-order valence-electron chi connectivity index (χ3n) is 3.28. The number of furan rings is 1. The Morgan fingerprint density at radius 3 is 3.05 bits per heavy atom. The van der Waals surface area contributed by atoms with E-state index in [0.29, 0.717) is 23.3 Å². The number of hydrogen-bond donors (Lipinski definition) is 1. The van der Waals surface area contributed by atoms with Crippen LogP contribution in [0.2, 0.25) is 0 Å². The van der Waals surface area contributed by atoms with Gasteiger partial charge in [0.2, 0.25) is 0 Å². The van der Waals surface area contributed by atoms with Crippen molar-refractivity contribution in [3.8, 4) is 5.75 Å². The lowest BCUT2D eigenvalue weighted by atomic mass is 10.1. The molecule has 1 aliphatic heterocycles. The summed E-state index contributed by atoms with van der Waals surface area (Å²) in [5.41, 5.74) is 0.576. The molecule has 0 amide bonds. The predicted molar refractivity (Wildman–Crippen MR) is 75.3 cm³/mol. The molecule has 3 rings (SSSR count). The van der Waals surface area contributed by atoms with E-state index in [9.17, 15) is 4.79 Å². The van der Waals surface area contributed by atoms with Gasteiger partial charge in [-0.15, -0.1) is 0 Å². The van der Waals surface area contributed by atoms with Gasteiger partial charge in [0.15, 0.2) is 11.3 Å². The highest BCUT2D eigenvalue weighted by atomic mass is 79.9. The van der Waals surface area contributed by atoms with Crippen LogP contribution in [0.5, 0.6) is 5.75 Å². The number of ether oxygens (including phenoxy) is 2. The molecule has 1 aliphatic rings. The lowest BCUT2D eigenvalue weighted by Gasteiger charge is -2.12. The molecule has 2 heterocycles. The fraction of sp³-hybridized carbons (Fsp3) is 0.357. The largest absolute Gasteiger partial charge is 0.487 e. The summed E-state index contributed by atoms with van der Waals surface area (Å²) in [6, 6.07) is 3.48. The minimum absolute atomic E-state index is 0.0953. The third kappa shape index (κ3) is 2.53. The van der Waals surface area contributed by atoms with Crippen molar-refractivity contribution in [2.75, 3.05) is 13.2 Å². The number of aromatic carboxylic acids is 1. The van der Waals surface area contributed by atoms with Gasteiger partial charge in [-0.1, -0.05) is 15.9 Å². The zero-order valence-corrected chi connectivity index (χ0v) is 12.2. The van der Waals surface area contributed by atoms with E-state index in [1.54, 1.807) is 12.1 Å². The SMILES string of the molecule is O=C(O)c1coc2c(OCC3CCCO3)cc(Br)cc12. The molecule has 1 atom stereocenters. The van der Waals surface area contributed by atoms with Gasteiger partial charge in [0.05, 0.1) is 6.10 Å². The van der Waals surface area contributed by atoms with Crippen LogP contribution in [-0.4, -0.2) is 30.4 Å². The highest BCUT2D eigenvalue weighted by Gasteiger charge is 2.20. The summed E-state index contributed by atoms with van der Waals surface area (Å²) < 4.78 is 17.3. The summed E-state index contributed by atoms with van der Waals surface area (Å²) >= 11 is 3.36. The van der Waals surface area contributed by atoms with Crippen molar-refractivity contribution in [1.82, 2.24) is 0 Å². The molecular weight excluding hydrogens is 328 g/mol. The average molecular weight is 341 g/mol. The Morgan fingerprint density at radius 1 is 1.50 bits per heavy atom. The topological polar surface area (TPSA) is 68.9 Å². The summed E-state index contributed by atoms with van der Waals surface area (Å²) in [7, 11) is 0.